The second-order valence-electron chi connectivity index (χ2n) is 6.34. The van der Waals surface area contributed by atoms with E-state index in [1.165, 1.54) is 0 Å². The minimum Gasteiger partial charge on any atom is -0.352 e. The van der Waals surface area contributed by atoms with Crippen molar-refractivity contribution in [3.05, 3.63) is 78.9 Å². The standard InChI is InChI=1S/C21H24N2O2/c1-4-15-22-19(24)21(2,3)20(25)23(18-13-9-6-10-14-18)16-17-11-7-5-8-12-17/h4-14H,1,15-16H2,2-3H3,(H,22,24). The fourth-order valence-corrected chi connectivity index (χ4v) is 2.47. The monoisotopic (exact) mass is 336 g/mol. The van der Waals surface area contributed by atoms with Crippen LogP contribution in [-0.4, -0.2) is 18.4 Å². The van der Waals surface area contributed by atoms with Gasteiger partial charge in [0.1, 0.15) is 5.41 Å². The largest absolute Gasteiger partial charge is 0.352 e. The van der Waals surface area contributed by atoms with E-state index in [-0.39, 0.29) is 11.8 Å². The van der Waals surface area contributed by atoms with Crippen molar-refractivity contribution in [1.29, 1.82) is 0 Å². The minimum absolute atomic E-state index is 0.246. The third-order valence-electron chi connectivity index (χ3n) is 4.01. The van der Waals surface area contributed by atoms with Gasteiger partial charge in [-0.05, 0) is 31.5 Å². The maximum Gasteiger partial charge on any atom is 0.242 e. The van der Waals surface area contributed by atoms with Gasteiger partial charge in [0.25, 0.3) is 0 Å². The molecule has 2 amide bonds. The lowest BCUT2D eigenvalue weighted by molar-refractivity contribution is -0.139. The molecule has 0 saturated heterocycles. The van der Waals surface area contributed by atoms with Crippen LogP contribution >= 0.6 is 0 Å². The fraction of sp³-hybridized carbons (Fsp3) is 0.238. The molecule has 4 nitrogen and oxygen atoms in total. The molecule has 2 rings (SSSR count). The molecule has 0 aliphatic carbocycles. The predicted octanol–water partition coefficient (Wildman–Crippen LogP) is 3.55. The van der Waals surface area contributed by atoms with Gasteiger partial charge in [0, 0.05) is 12.2 Å². The maximum absolute atomic E-state index is 13.2. The van der Waals surface area contributed by atoms with Gasteiger partial charge in [-0.15, -0.1) is 6.58 Å². The molecule has 0 spiro atoms. The summed E-state index contributed by atoms with van der Waals surface area (Å²) in [4.78, 5) is 27.3. The number of rotatable bonds is 7. The van der Waals surface area contributed by atoms with Crippen LogP contribution in [0.4, 0.5) is 5.69 Å². The zero-order chi connectivity index (χ0) is 18.3. The molecule has 0 fully saturated rings. The highest BCUT2D eigenvalue weighted by Gasteiger charge is 2.39. The lowest BCUT2D eigenvalue weighted by Crippen LogP contribution is -2.49. The minimum atomic E-state index is -1.19. The molecule has 0 aliphatic rings. The number of nitrogens with one attached hydrogen (secondary N) is 1. The molecule has 0 radical (unpaired) electrons. The molecule has 0 bridgehead atoms. The van der Waals surface area contributed by atoms with E-state index in [1.807, 2.05) is 60.7 Å². The van der Waals surface area contributed by atoms with E-state index < -0.39 is 5.41 Å². The Labute approximate surface area is 149 Å². The van der Waals surface area contributed by atoms with Crippen LogP contribution in [0.3, 0.4) is 0 Å². The van der Waals surface area contributed by atoms with Crippen molar-refractivity contribution < 1.29 is 9.59 Å². The summed E-state index contributed by atoms with van der Waals surface area (Å²) in [6, 6.07) is 19.1. The van der Waals surface area contributed by atoms with Crippen LogP contribution in [0, 0.1) is 5.41 Å². The van der Waals surface area contributed by atoms with E-state index in [2.05, 4.69) is 11.9 Å². The highest BCUT2D eigenvalue weighted by Crippen LogP contribution is 2.26. The van der Waals surface area contributed by atoms with Gasteiger partial charge in [0.2, 0.25) is 11.8 Å². The van der Waals surface area contributed by atoms with Crippen LogP contribution in [0.1, 0.15) is 19.4 Å². The Morgan fingerprint density at radius 1 is 1.04 bits per heavy atom. The van der Waals surface area contributed by atoms with Crippen LogP contribution in [0.15, 0.2) is 73.3 Å². The van der Waals surface area contributed by atoms with E-state index in [9.17, 15) is 9.59 Å². The van der Waals surface area contributed by atoms with Crippen molar-refractivity contribution in [2.45, 2.75) is 20.4 Å². The second-order valence-corrected chi connectivity index (χ2v) is 6.34. The highest BCUT2D eigenvalue weighted by atomic mass is 16.2. The number of hydrogen-bond donors (Lipinski definition) is 1. The van der Waals surface area contributed by atoms with Crippen LogP contribution in [-0.2, 0) is 16.1 Å². The van der Waals surface area contributed by atoms with Crippen LogP contribution < -0.4 is 10.2 Å². The average molecular weight is 336 g/mol. The average Bonchev–Trinajstić information content (AvgIpc) is 2.65. The maximum atomic E-state index is 13.2. The first-order valence-electron chi connectivity index (χ1n) is 8.27. The van der Waals surface area contributed by atoms with Crippen LogP contribution in [0.25, 0.3) is 0 Å². The summed E-state index contributed by atoms with van der Waals surface area (Å²) in [6.45, 7) is 7.62. The molecular formula is C21H24N2O2. The van der Waals surface area contributed by atoms with Crippen molar-refractivity contribution in [1.82, 2.24) is 5.32 Å². The summed E-state index contributed by atoms with van der Waals surface area (Å²) in [5.74, 6) is -0.560. The third kappa shape index (κ3) is 4.57. The molecule has 130 valence electrons. The van der Waals surface area contributed by atoms with E-state index in [0.29, 0.717) is 13.1 Å². The van der Waals surface area contributed by atoms with Gasteiger partial charge in [-0.3, -0.25) is 9.59 Å². The van der Waals surface area contributed by atoms with Crippen molar-refractivity contribution in [3.63, 3.8) is 0 Å². The summed E-state index contributed by atoms with van der Waals surface area (Å²) in [7, 11) is 0. The number of carbonyl (C=O) groups is 2. The zero-order valence-corrected chi connectivity index (χ0v) is 14.7. The first kappa shape index (κ1) is 18.5. The molecule has 2 aromatic carbocycles. The molecule has 0 unspecified atom stereocenters. The smallest absolute Gasteiger partial charge is 0.242 e. The van der Waals surface area contributed by atoms with Gasteiger partial charge < -0.3 is 10.2 Å². The molecule has 0 aliphatic heterocycles. The Morgan fingerprint density at radius 3 is 2.16 bits per heavy atom. The number of anilines is 1. The molecule has 4 heteroatoms. The first-order chi connectivity index (χ1) is 12.0. The van der Waals surface area contributed by atoms with Crippen molar-refractivity contribution >= 4 is 17.5 Å². The number of para-hydroxylation sites is 1. The zero-order valence-electron chi connectivity index (χ0n) is 14.7. The van der Waals surface area contributed by atoms with Gasteiger partial charge in [-0.1, -0.05) is 54.6 Å². The van der Waals surface area contributed by atoms with Crippen molar-refractivity contribution in [2.75, 3.05) is 11.4 Å². The summed E-state index contributed by atoms with van der Waals surface area (Å²) in [5.41, 5.74) is 0.580. The number of amides is 2. The number of nitrogens with zero attached hydrogens (tertiary/aromatic N) is 1. The molecule has 25 heavy (non-hydrogen) atoms. The third-order valence-corrected chi connectivity index (χ3v) is 4.01. The summed E-state index contributed by atoms with van der Waals surface area (Å²) in [6.07, 6.45) is 1.59. The predicted molar refractivity (Wildman–Crippen MR) is 101 cm³/mol. The Bertz CT molecular complexity index is 724. The lowest BCUT2D eigenvalue weighted by Gasteiger charge is -2.31. The number of carbonyl (C=O) groups excluding carboxylic acids is 2. The van der Waals surface area contributed by atoms with E-state index in [1.54, 1.807) is 24.8 Å². The normalized spacial score (nSPS) is 10.8. The number of benzene rings is 2. The first-order valence-corrected chi connectivity index (χ1v) is 8.27. The Kier molecular flexibility index (Phi) is 6.12. The van der Waals surface area contributed by atoms with Gasteiger partial charge in [0.05, 0.1) is 6.54 Å². The molecular weight excluding hydrogens is 312 g/mol. The molecule has 0 saturated carbocycles. The van der Waals surface area contributed by atoms with E-state index in [0.717, 1.165) is 11.3 Å². The van der Waals surface area contributed by atoms with E-state index >= 15 is 0 Å². The SMILES string of the molecule is C=CCNC(=O)C(C)(C)C(=O)N(Cc1ccccc1)c1ccccc1. The lowest BCUT2D eigenvalue weighted by atomic mass is 9.89. The molecule has 1 N–H and O–H groups in total. The topological polar surface area (TPSA) is 49.4 Å². The molecule has 0 atom stereocenters. The van der Waals surface area contributed by atoms with Gasteiger partial charge >= 0.3 is 0 Å². The molecule has 0 heterocycles. The Morgan fingerprint density at radius 2 is 1.60 bits per heavy atom. The summed E-state index contributed by atoms with van der Waals surface area (Å²) < 4.78 is 0. The van der Waals surface area contributed by atoms with Gasteiger partial charge in [0.15, 0.2) is 0 Å². The van der Waals surface area contributed by atoms with Crippen molar-refractivity contribution in [2.24, 2.45) is 5.41 Å². The molecule has 0 aromatic heterocycles. The van der Waals surface area contributed by atoms with Gasteiger partial charge in [-0.2, -0.15) is 0 Å². The van der Waals surface area contributed by atoms with Gasteiger partial charge in [-0.25, -0.2) is 0 Å². The number of hydrogen-bond acceptors (Lipinski definition) is 2. The van der Waals surface area contributed by atoms with Crippen LogP contribution in [0.2, 0.25) is 0 Å². The summed E-state index contributed by atoms with van der Waals surface area (Å²) in [5, 5.41) is 2.72. The fourth-order valence-electron chi connectivity index (χ4n) is 2.47. The Hall–Kier alpha value is -2.88. The highest BCUT2D eigenvalue weighted by molar-refractivity contribution is 6.11. The second kappa shape index (κ2) is 8.29. The Balaban J connectivity index is 2.32. The quantitative estimate of drug-likeness (QED) is 0.621. The van der Waals surface area contributed by atoms with Crippen LogP contribution in [0.5, 0.6) is 0 Å². The van der Waals surface area contributed by atoms with Crippen molar-refractivity contribution in [3.8, 4) is 0 Å². The summed E-state index contributed by atoms with van der Waals surface area (Å²) >= 11 is 0. The molecule has 2 aromatic rings. The van der Waals surface area contributed by atoms with E-state index in [4.69, 9.17) is 0 Å².